The number of amides is 2. The van der Waals surface area contributed by atoms with E-state index in [9.17, 15) is 14.0 Å². The molecule has 2 amide bonds. The molecule has 1 aliphatic heterocycles. The zero-order valence-corrected chi connectivity index (χ0v) is 17.0. The molecule has 154 valence electrons. The molecule has 29 heavy (non-hydrogen) atoms. The fourth-order valence-electron chi connectivity index (χ4n) is 3.53. The Kier molecular flexibility index (Phi) is 6.52. The lowest BCUT2D eigenvalue weighted by Gasteiger charge is -2.39. The molecule has 6 heteroatoms. The van der Waals surface area contributed by atoms with Crippen LogP contribution in [0.15, 0.2) is 54.6 Å². The number of nitrogens with one attached hydrogen (secondary N) is 1. The van der Waals surface area contributed by atoms with Gasteiger partial charge in [0.2, 0.25) is 11.8 Å². The van der Waals surface area contributed by atoms with Gasteiger partial charge in [-0.25, -0.2) is 4.39 Å². The topological polar surface area (TPSA) is 52.7 Å². The van der Waals surface area contributed by atoms with Crippen LogP contribution in [0.3, 0.4) is 0 Å². The van der Waals surface area contributed by atoms with Crippen molar-refractivity contribution in [1.82, 2.24) is 10.2 Å². The Labute approximate surface area is 171 Å². The summed E-state index contributed by atoms with van der Waals surface area (Å²) in [5.41, 5.74) is 0.531. The quantitative estimate of drug-likeness (QED) is 0.763. The number of piperazine rings is 1. The standard InChI is InChI=1S/C23H28FN3O2/c1-23(2,21(28)25-13-12-18-8-6-7-11-20(18)24)22(29)27-16-14-26(15-17-27)19-9-4-3-5-10-19/h3-11H,12-17H2,1-2H3,(H,25,28). The van der Waals surface area contributed by atoms with Gasteiger partial charge >= 0.3 is 0 Å². The Morgan fingerprint density at radius 3 is 2.24 bits per heavy atom. The summed E-state index contributed by atoms with van der Waals surface area (Å²) in [4.78, 5) is 29.6. The van der Waals surface area contributed by atoms with E-state index < -0.39 is 5.41 Å². The van der Waals surface area contributed by atoms with Gasteiger partial charge in [-0.1, -0.05) is 36.4 Å². The van der Waals surface area contributed by atoms with Crippen LogP contribution in [-0.4, -0.2) is 49.4 Å². The molecule has 1 N–H and O–H groups in total. The third-order valence-electron chi connectivity index (χ3n) is 5.43. The Morgan fingerprint density at radius 1 is 0.966 bits per heavy atom. The molecule has 0 atom stereocenters. The van der Waals surface area contributed by atoms with E-state index in [0.717, 1.165) is 18.8 Å². The first kappa shape index (κ1) is 20.8. The van der Waals surface area contributed by atoms with E-state index in [1.165, 1.54) is 6.07 Å². The molecule has 0 aromatic heterocycles. The molecule has 3 rings (SSSR count). The van der Waals surface area contributed by atoms with Crippen LogP contribution in [0.1, 0.15) is 19.4 Å². The molecule has 0 unspecified atom stereocenters. The van der Waals surface area contributed by atoms with Gasteiger partial charge in [0.25, 0.3) is 0 Å². The molecular formula is C23H28FN3O2. The summed E-state index contributed by atoms with van der Waals surface area (Å²) in [6, 6.07) is 16.6. The lowest BCUT2D eigenvalue weighted by Crippen LogP contribution is -2.55. The Hall–Kier alpha value is -2.89. The zero-order chi connectivity index (χ0) is 20.9. The van der Waals surface area contributed by atoms with Gasteiger partial charge in [-0.3, -0.25) is 9.59 Å². The Bertz CT molecular complexity index is 846. The van der Waals surface area contributed by atoms with E-state index in [4.69, 9.17) is 0 Å². The molecule has 1 saturated heterocycles. The van der Waals surface area contributed by atoms with Crippen LogP contribution in [0.5, 0.6) is 0 Å². The van der Waals surface area contributed by atoms with Crippen LogP contribution in [-0.2, 0) is 16.0 Å². The summed E-state index contributed by atoms with van der Waals surface area (Å²) in [6.45, 7) is 6.23. The number of hydrogen-bond acceptors (Lipinski definition) is 3. The largest absolute Gasteiger partial charge is 0.368 e. The number of benzene rings is 2. The summed E-state index contributed by atoms with van der Waals surface area (Å²) in [6.07, 6.45) is 0.387. The number of nitrogens with zero attached hydrogens (tertiary/aromatic N) is 2. The van der Waals surface area contributed by atoms with E-state index in [1.807, 2.05) is 18.2 Å². The molecular weight excluding hydrogens is 369 g/mol. The first-order chi connectivity index (χ1) is 13.9. The second kappa shape index (κ2) is 9.07. The van der Waals surface area contributed by atoms with E-state index in [-0.39, 0.29) is 24.2 Å². The fourth-order valence-corrected chi connectivity index (χ4v) is 3.53. The molecule has 1 aliphatic rings. The van der Waals surface area contributed by atoms with Crippen LogP contribution in [0.4, 0.5) is 10.1 Å². The predicted octanol–water partition coefficient (Wildman–Crippen LogP) is 2.86. The third-order valence-corrected chi connectivity index (χ3v) is 5.43. The Balaban J connectivity index is 1.51. The van der Waals surface area contributed by atoms with Crippen molar-refractivity contribution in [3.63, 3.8) is 0 Å². The Morgan fingerprint density at radius 2 is 1.59 bits per heavy atom. The highest BCUT2D eigenvalue weighted by Crippen LogP contribution is 2.22. The van der Waals surface area contributed by atoms with E-state index >= 15 is 0 Å². The molecule has 1 heterocycles. The highest BCUT2D eigenvalue weighted by atomic mass is 19.1. The van der Waals surface area contributed by atoms with Crippen molar-refractivity contribution in [3.8, 4) is 0 Å². The summed E-state index contributed by atoms with van der Waals surface area (Å²) in [7, 11) is 0. The van der Waals surface area contributed by atoms with Crippen molar-refractivity contribution < 1.29 is 14.0 Å². The number of para-hydroxylation sites is 1. The van der Waals surface area contributed by atoms with Gasteiger partial charge in [-0.2, -0.15) is 0 Å². The van der Waals surface area contributed by atoms with Crippen LogP contribution in [0.2, 0.25) is 0 Å². The minimum atomic E-state index is -1.16. The van der Waals surface area contributed by atoms with Gasteiger partial charge in [0.15, 0.2) is 0 Å². The SMILES string of the molecule is CC(C)(C(=O)NCCc1ccccc1F)C(=O)N1CCN(c2ccccc2)CC1. The molecule has 1 fully saturated rings. The van der Waals surface area contributed by atoms with Gasteiger partial charge < -0.3 is 15.1 Å². The maximum atomic E-state index is 13.7. The van der Waals surface area contributed by atoms with E-state index in [1.54, 1.807) is 36.9 Å². The van der Waals surface area contributed by atoms with Gasteiger partial charge in [-0.15, -0.1) is 0 Å². The third kappa shape index (κ3) is 4.94. The molecule has 0 radical (unpaired) electrons. The van der Waals surface area contributed by atoms with Crippen molar-refractivity contribution in [2.24, 2.45) is 5.41 Å². The van der Waals surface area contributed by atoms with E-state index in [0.29, 0.717) is 25.1 Å². The molecule has 0 spiro atoms. The minimum absolute atomic E-state index is 0.173. The summed E-state index contributed by atoms with van der Waals surface area (Å²) >= 11 is 0. The number of rotatable bonds is 6. The number of carbonyl (C=O) groups excluding carboxylic acids is 2. The lowest BCUT2D eigenvalue weighted by molar-refractivity contribution is -0.148. The molecule has 2 aromatic carbocycles. The second-order valence-electron chi connectivity index (χ2n) is 7.84. The number of hydrogen-bond donors (Lipinski definition) is 1. The minimum Gasteiger partial charge on any atom is -0.368 e. The van der Waals surface area contributed by atoms with Crippen molar-refractivity contribution in [1.29, 1.82) is 0 Å². The van der Waals surface area contributed by atoms with Crippen molar-refractivity contribution >= 4 is 17.5 Å². The second-order valence-corrected chi connectivity index (χ2v) is 7.84. The smallest absolute Gasteiger partial charge is 0.237 e. The van der Waals surface area contributed by atoms with Crippen LogP contribution < -0.4 is 10.2 Å². The zero-order valence-electron chi connectivity index (χ0n) is 17.0. The maximum absolute atomic E-state index is 13.7. The normalized spacial score (nSPS) is 14.6. The van der Waals surface area contributed by atoms with Gasteiger partial charge in [-0.05, 0) is 44.0 Å². The highest BCUT2D eigenvalue weighted by Gasteiger charge is 2.39. The monoisotopic (exact) mass is 397 g/mol. The molecule has 0 aliphatic carbocycles. The summed E-state index contributed by atoms with van der Waals surface area (Å²) in [5.74, 6) is -0.786. The summed E-state index contributed by atoms with van der Waals surface area (Å²) < 4.78 is 13.7. The average molecular weight is 397 g/mol. The summed E-state index contributed by atoms with van der Waals surface area (Å²) in [5, 5.41) is 2.79. The first-order valence-corrected chi connectivity index (χ1v) is 10.0. The molecule has 0 saturated carbocycles. The van der Waals surface area contributed by atoms with Crippen LogP contribution in [0, 0.1) is 11.2 Å². The fraction of sp³-hybridized carbons (Fsp3) is 0.391. The molecule has 5 nitrogen and oxygen atoms in total. The van der Waals surface area contributed by atoms with Crippen LogP contribution >= 0.6 is 0 Å². The predicted molar refractivity (Wildman–Crippen MR) is 112 cm³/mol. The average Bonchev–Trinajstić information content (AvgIpc) is 2.75. The van der Waals surface area contributed by atoms with Crippen molar-refractivity contribution in [3.05, 3.63) is 66.0 Å². The number of halogens is 1. The number of anilines is 1. The lowest BCUT2D eigenvalue weighted by atomic mass is 9.89. The van der Waals surface area contributed by atoms with Crippen molar-refractivity contribution in [2.45, 2.75) is 20.3 Å². The van der Waals surface area contributed by atoms with Gasteiger partial charge in [0.05, 0.1) is 0 Å². The first-order valence-electron chi connectivity index (χ1n) is 10.0. The van der Waals surface area contributed by atoms with Gasteiger partial charge in [0.1, 0.15) is 11.2 Å². The number of carbonyl (C=O) groups is 2. The maximum Gasteiger partial charge on any atom is 0.237 e. The highest BCUT2D eigenvalue weighted by molar-refractivity contribution is 6.04. The van der Waals surface area contributed by atoms with E-state index in [2.05, 4.69) is 22.3 Å². The van der Waals surface area contributed by atoms with Crippen LogP contribution in [0.25, 0.3) is 0 Å². The van der Waals surface area contributed by atoms with Gasteiger partial charge in [0, 0.05) is 38.4 Å². The van der Waals surface area contributed by atoms with Crippen molar-refractivity contribution in [2.75, 3.05) is 37.6 Å². The molecule has 0 bridgehead atoms. The molecule has 2 aromatic rings.